The van der Waals surface area contributed by atoms with Gasteiger partial charge in [0.05, 0.1) is 11.1 Å². The molecular weight excluding hydrogens is 220 g/mol. The summed E-state index contributed by atoms with van der Waals surface area (Å²) in [5.74, 6) is -0.970. The second kappa shape index (κ2) is 3.44. The maximum atomic E-state index is 10.8. The van der Waals surface area contributed by atoms with E-state index in [1.54, 1.807) is 18.2 Å². The van der Waals surface area contributed by atoms with Crippen LogP contribution < -0.4 is 0 Å². The van der Waals surface area contributed by atoms with Gasteiger partial charge in [-0.1, -0.05) is 6.07 Å². The SMILES string of the molecule is O=C(O)c1ccc2cc3nnnc3nc2cc1. The molecule has 17 heavy (non-hydrogen) atoms. The lowest BCUT2D eigenvalue weighted by Gasteiger charge is -1.89. The van der Waals surface area contributed by atoms with E-state index in [1.807, 2.05) is 0 Å². The molecule has 1 aromatic carbocycles. The first kappa shape index (κ1) is 9.59. The molecule has 0 saturated heterocycles. The number of nitrogens with zero attached hydrogens (tertiary/aromatic N) is 4. The van der Waals surface area contributed by atoms with Gasteiger partial charge in [-0.25, -0.2) is 9.78 Å². The van der Waals surface area contributed by atoms with Gasteiger partial charge < -0.3 is 5.11 Å². The molecule has 0 unspecified atom stereocenters. The minimum Gasteiger partial charge on any atom is -0.478 e. The molecule has 82 valence electrons. The summed E-state index contributed by atoms with van der Waals surface area (Å²) in [7, 11) is 0. The van der Waals surface area contributed by atoms with Crippen molar-refractivity contribution in [1.82, 2.24) is 20.4 Å². The maximum absolute atomic E-state index is 10.8. The van der Waals surface area contributed by atoms with Crippen molar-refractivity contribution in [3.8, 4) is 0 Å². The van der Waals surface area contributed by atoms with Gasteiger partial charge in [0, 0.05) is 5.39 Å². The van der Waals surface area contributed by atoms with Crippen LogP contribution in [0.4, 0.5) is 0 Å². The van der Waals surface area contributed by atoms with Gasteiger partial charge in [0.25, 0.3) is 0 Å². The molecule has 0 radical (unpaired) electrons. The summed E-state index contributed by atoms with van der Waals surface area (Å²) in [6, 6.07) is 8.16. The summed E-state index contributed by atoms with van der Waals surface area (Å²) in [6.45, 7) is 0. The second-order valence-electron chi connectivity index (χ2n) is 3.52. The van der Waals surface area contributed by atoms with Crippen molar-refractivity contribution in [1.29, 1.82) is 0 Å². The highest BCUT2D eigenvalue weighted by Gasteiger charge is 2.04. The zero-order chi connectivity index (χ0) is 11.8. The number of rotatable bonds is 1. The molecule has 2 heterocycles. The number of aromatic nitrogens is 4. The number of pyridine rings is 1. The van der Waals surface area contributed by atoms with Gasteiger partial charge in [-0.05, 0) is 29.5 Å². The molecule has 6 heteroatoms. The number of carbonyl (C=O) groups is 1. The van der Waals surface area contributed by atoms with Crippen LogP contribution in [-0.4, -0.2) is 31.5 Å². The Morgan fingerprint density at radius 1 is 1.06 bits per heavy atom. The number of hydrogen-bond acceptors (Lipinski definition) is 5. The molecule has 3 rings (SSSR count). The van der Waals surface area contributed by atoms with Crippen LogP contribution >= 0.6 is 0 Å². The first-order chi connectivity index (χ1) is 8.24. The van der Waals surface area contributed by atoms with E-state index in [9.17, 15) is 4.79 Å². The predicted molar refractivity (Wildman–Crippen MR) is 59.6 cm³/mol. The first-order valence-electron chi connectivity index (χ1n) is 4.87. The lowest BCUT2D eigenvalue weighted by atomic mass is 10.2. The van der Waals surface area contributed by atoms with Gasteiger partial charge in [0.1, 0.15) is 5.52 Å². The Bertz CT molecular complexity index is 688. The van der Waals surface area contributed by atoms with Crippen molar-refractivity contribution in [2.75, 3.05) is 0 Å². The van der Waals surface area contributed by atoms with Crippen molar-refractivity contribution < 1.29 is 9.90 Å². The highest BCUT2D eigenvalue weighted by atomic mass is 16.4. The van der Waals surface area contributed by atoms with Gasteiger partial charge in [0.15, 0.2) is 0 Å². The minimum atomic E-state index is -0.970. The third kappa shape index (κ3) is 1.55. The van der Waals surface area contributed by atoms with Crippen molar-refractivity contribution in [2.45, 2.75) is 0 Å². The second-order valence-corrected chi connectivity index (χ2v) is 3.52. The summed E-state index contributed by atoms with van der Waals surface area (Å²) < 4.78 is 0. The highest BCUT2D eigenvalue weighted by Crippen LogP contribution is 2.16. The maximum Gasteiger partial charge on any atom is 0.335 e. The monoisotopic (exact) mass is 226 g/mol. The fourth-order valence-corrected chi connectivity index (χ4v) is 1.60. The Kier molecular flexibility index (Phi) is 1.94. The Morgan fingerprint density at radius 3 is 2.71 bits per heavy atom. The van der Waals surface area contributed by atoms with E-state index in [4.69, 9.17) is 5.11 Å². The van der Waals surface area contributed by atoms with Crippen molar-refractivity contribution in [3.63, 3.8) is 0 Å². The number of hydrogen-bond donors (Lipinski definition) is 1. The van der Waals surface area contributed by atoms with Gasteiger partial charge in [0.2, 0.25) is 5.65 Å². The molecule has 0 saturated carbocycles. The lowest BCUT2D eigenvalue weighted by molar-refractivity contribution is 0.0697. The summed E-state index contributed by atoms with van der Waals surface area (Å²) in [5.41, 5.74) is 1.93. The zero-order valence-corrected chi connectivity index (χ0v) is 8.53. The molecular formula is C11H6N4O2. The molecule has 1 N–H and O–H groups in total. The fourth-order valence-electron chi connectivity index (χ4n) is 1.60. The van der Waals surface area contributed by atoms with E-state index in [1.165, 1.54) is 12.1 Å². The van der Waals surface area contributed by atoms with Crippen LogP contribution in [0.2, 0.25) is 0 Å². The van der Waals surface area contributed by atoms with Gasteiger partial charge >= 0.3 is 5.97 Å². The van der Waals surface area contributed by atoms with Gasteiger partial charge in [-0.2, -0.15) is 0 Å². The van der Waals surface area contributed by atoms with Crippen LogP contribution in [0.1, 0.15) is 10.4 Å². The van der Waals surface area contributed by atoms with Crippen molar-refractivity contribution in [3.05, 3.63) is 35.9 Å². The summed E-state index contributed by atoms with van der Waals surface area (Å²) in [6.07, 6.45) is 0. The molecule has 0 aliphatic carbocycles. The molecule has 3 aromatic rings. The van der Waals surface area contributed by atoms with Crippen LogP contribution in [0, 0.1) is 0 Å². The Labute approximate surface area is 94.9 Å². The molecule has 0 atom stereocenters. The van der Waals surface area contributed by atoms with E-state index >= 15 is 0 Å². The molecule has 0 aliphatic heterocycles. The van der Waals surface area contributed by atoms with E-state index < -0.39 is 5.97 Å². The first-order valence-corrected chi connectivity index (χ1v) is 4.87. The quantitative estimate of drug-likeness (QED) is 0.672. The third-order valence-electron chi connectivity index (χ3n) is 2.45. The molecule has 0 amide bonds. The molecule has 0 aliphatic rings. The van der Waals surface area contributed by atoms with Crippen LogP contribution in [0.3, 0.4) is 0 Å². The zero-order valence-electron chi connectivity index (χ0n) is 8.53. The average molecular weight is 226 g/mol. The number of carboxylic acid groups (broad SMARTS) is 1. The average Bonchev–Trinajstić information content (AvgIpc) is 2.64. The Balaban J connectivity index is 2.37. The topological polar surface area (TPSA) is 88.9 Å². The highest BCUT2D eigenvalue weighted by molar-refractivity contribution is 5.92. The van der Waals surface area contributed by atoms with Crippen molar-refractivity contribution in [2.24, 2.45) is 0 Å². The van der Waals surface area contributed by atoms with E-state index in [-0.39, 0.29) is 5.56 Å². The number of carboxylic acids is 1. The molecule has 0 spiro atoms. The third-order valence-corrected chi connectivity index (χ3v) is 2.45. The lowest BCUT2D eigenvalue weighted by Crippen LogP contribution is -1.92. The Hall–Kier alpha value is -2.63. The predicted octanol–water partition coefficient (Wildman–Crippen LogP) is 1.27. The number of fused-ring (bicyclic) bond motifs is 2. The largest absolute Gasteiger partial charge is 0.478 e. The van der Waals surface area contributed by atoms with E-state index in [2.05, 4.69) is 20.4 Å². The van der Waals surface area contributed by atoms with Gasteiger partial charge in [-0.15, -0.1) is 10.2 Å². The van der Waals surface area contributed by atoms with Crippen LogP contribution in [0.15, 0.2) is 30.3 Å². The molecule has 2 aromatic heterocycles. The summed E-state index contributed by atoms with van der Waals surface area (Å²) >= 11 is 0. The Morgan fingerprint density at radius 2 is 1.88 bits per heavy atom. The summed E-state index contributed by atoms with van der Waals surface area (Å²) in [5, 5.41) is 20.8. The minimum absolute atomic E-state index is 0.210. The molecule has 6 nitrogen and oxygen atoms in total. The van der Waals surface area contributed by atoms with E-state index in [0.717, 1.165) is 5.39 Å². The van der Waals surface area contributed by atoms with Gasteiger partial charge in [-0.3, -0.25) is 0 Å². The van der Waals surface area contributed by atoms with Crippen molar-refractivity contribution >= 4 is 28.0 Å². The van der Waals surface area contributed by atoms with Crippen LogP contribution in [-0.2, 0) is 0 Å². The molecule has 0 bridgehead atoms. The van der Waals surface area contributed by atoms with E-state index in [0.29, 0.717) is 16.7 Å². The number of aromatic carboxylic acids is 1. The smallest absolute Gasteiger partial charge is 0.335 e. The fraction of sp³-hybridized carbons (Fsp3) is 0. The van der Waals surface area contributed by atoms with Crippen LogP contribution in [0.5, 0.6) is 0 Å². The van der Waals surface area contributed by atoms with Crippen LogP contribution in [0.25, 0.3) is 22.1 Å². The summed E-state index contributed by atoms with van der Waals surface area (Å²) in [4.78, 5) is 15.1. The normalized spacial score (nSPS) is 10.8. The molecule has 0 fully saturated rings. The standard InChI is InChI=1S/C11H6N4O2/c16-11(17)6-1-2-7-5-9-10(14-15-13-9)12-8(7)4-3-6/h1-5H,(H,16,17).